The number of carbonyl (C=O) groups is 1. The number of hydrogen-bond donors (Lipinski definition) is 1. The number of aryl methyl sites for hydroxylation is 1. The lowest BCUT2D eigenvalue weighted by Gasteiger charge is -2.12. The Morgan fingerprint density at radius 1 is 1.56 bits per heavy atom. The second-order valence-electron chi connectivity index (χ2n) is 3.86. The van der Waals surface area contributed by atoms with Gasteiger partial charge in [0.15, 0.2) is 0 Å². The zero-order valence-electron chi connectivity index (χ0n) is 9.58. The minimum atomic E-state index is -0.772. The molecule has 0 aliphatic heterocycles. The summed E-state index contributed by atoms with van der Waals surface area (Å²) in [6.07, 6.45) is 0.532. The molecule has 88 valence electrons. The topological polar surface area (TPSA) is 46.5 Å². The Kier molecular flexibility index (Phi) is 4.35. The molecule has 0 aromatic heterocycles. The van der Waals surface area contributed by atoms with Crippen molar-refractivity contribution in [1.82, 2.24) is 0 Å². The fraction of sp³-hybridized carbons (Fsp3) is 0.417. The number of carboxylic acids is 1. The van der Waals surface area contributed by atoms with Crippen LogP contribution in [-0.2, 0) is 11.2 Å². The van der Waals surface area contributed by atoms with Crippen molar-refractivity contribution < 1.29 is 14.6 Å². The van der Waals surface area contributed by atoms with E-state index in [-0.39, 0.29) is 5.92 Å². The van der Waals surface area contributed by atoms with E-state index in [1.165, 1.54) is 0 Å². The second kappa shape index (κ2) is 5.34. The van der Waals surface area contributed by atoms with Crippen LogP contribution in [0.5, 0.6) is 5.75 Å². The predicted molar refractivity (Wildman–Crippen MR) is 65.9 cm³/mol. The number of hydrogen-bond acceptors (Lipinski definition) is 2. The number of rotatable bonds is 4. The van der Waals surface area contributed by atoms with Gasteiger partial charge >= 0.3 is 5.97 Å². The van der Waals surface area contributed by atoms with Crippen LogP contribution in [0.1, 0.15) is 18.1 Å². The highest BCUT2D eigenvalue weighted by atomic mass is 79.9. The fourth-order valence-electron chi connectivity index (χ4n) is 1.49. The van der Waals surface area contributed by atoms with Gasteiger partial charge in [-0.25, -0.2) is 0 Å². The summed E-state index contributed by atoms with van der Waals surface area (Å²) in [5.74, 6) is -0.380. The van der Waals surface area contributed by atoms with Crippen molar-refractivity contribution >= 4 is 21.9 Å². The van der Waals surface area contributed by atoms with Crippen LogP contribution in [0.25, 0.3) is 0 Å². The lowest BCUT2D eigenvalue weighted by atomic mass is 9.97. The second-order valence-corrected chi connectivity index (χ2v) is 4.71. The zero-order valence-corrected chi connectivity index (χ0v) is 11.2. The average molecular weight is 287 g/mol. The third-order valence-corrected chi connectivity index (χ3v) is 3.18. The average Bonchev–Trinajstić information content (AvgIpc) is 2.22. The first-order valence-electron chi connectivity index (χ1n) is 5.01. The van der Waals surface area contributed by atoms with Crippen LogP contribution in [0.3, 0.4) is 0 Å². The summed E-state index contributed by atoms with van der Waals surface area (Å²) in [6.45, 7) is 3.67. The fourth-order valence-corrected chi connectivity index (χ4v) is 2.04. The summed E-state index contributed by atoms with van der Waals surface area (Å²) in [6, 6.07) is 3.83. The standard InChI is InChI=1S/C12H15BrO3/c1-7-5-11(16-3)10(13)6-9(7)4-8(2)12(14)15/h5-6,8H,4H2,1-3H3,(H,14,15). The molecule has 0 saturated carbocycles. The Hall–Kier alpha value is -1.03. The molecule has 1 atom stereocenters. The van der Waals surface area contributed by atoms with Gasteiger partial charge in [0.25, 0.3) is 0 Å². The first-order chi connectivity index (χ1) is 7.45. The number of carboxylic acid groups (broad SMARTS) is 1. The Balaban J connectivity index is 2.98. The first kappa shape index (κ1) is 13.0. The summed E-state index contributed by atoms with van der Waals surface area (Å²) in [7, 11) is 1.61. The summed E-state index contributed by atoms with van der Waals surface area (Å²) < 4.78 is 6.02. The van der Waals surface area contributed by atoms with Crippen molar-refractivity contribution in [2.24, 2.45) is 5.92 Å². The van der Waals surface area contributed by atoms with Gasteiger partial charge in [-0.3, -0.25) is 4.79 Å². The molecule has 0 spiro atoms. The molecular weight excluding hydrogens is 272 g/mol. The molecule has 1 N–H and O–H groups in total. The Bertz CT molecular complexity index is 401. The molecular formula is C12H15BrO3. The molecule has 0 radical (unpaired) electrons. The van der Waals surface area contributed by atoms with Crippen molar-refractivity contribution in [2.75, 3.05) is 7.11 Å². The van der Waals surface area contributed by atoms with Crippen LogP contribution in [0.2, 0.25) is 0 Å². The molecule has 3 nitrogen and oxygen atoms in total. The van der Waals surface area contributed by atoms with Crippen LogP contribution < -0.4 is 4.74 Å². The maximum Gasteiger partial charge on any atom is 0.306 e. The van der Waals surface area contributed by atoms with E-state index in [4.69, 9.17) is 9.84 Å². The summed E-state index contributed by atoms with van der Waals surface area (Å²) in [4.78, 5) is 10.8. The van der Waals surface area contributed by atoms with E-state index in [1.807, 2.05) is 19.1 Å². The van der Waals surface area contributed by atoms with Gasteiger partial charge in [-0.1, -0.05) is 6.92 Å². The van der Waals surface area contributed by atoms with Gasteiger partial charge in [0, 0.05) is 0 Å². The van der Waals surface area contributed by atoms with E-state index in [2.05, 4.69) is 15.9 Å². The lowest BCUT2D eigenvalue weighted by molar-refractivity contribution is -0.141. The van der Waals surface area contributed by atoms with E-state index >= 15 is 0 Å². The highest BCUT2D eigenvalue weighted by Gasteiger charge is 2.14. The predicted octanol–water partition coefficient (Wildman–Crippen LogP) is 3.03. The number of halogens is 1. The highest BCUT2D eigenvalue weighted by Crippen LogP contribution is 2.29. The maximum atomic E-state index is 10.8. The highest BCUT2D eigenvalue weighted by molar-refractivity contribution is 9.10. The molecule has 0 saturated heterocycles. The maximum absolute atomic E-state index is 10.8. The van der Waals surface area contributed by atoms with Crippen molar-refractivity contribution in [3.8, 4) is 5.75 Å². The van der Waals surface area contributed by atoms with E-state index < -0.39 is 5.97 Å². The minimum absolute atomic E-state index is 0.376. The molecule has 4 heteroatoms. The van der Waals surface area contributed by atoms with Gasteiger partial charge < -0.3 is 9.84 Å². The molecule has 0 heterocycles. The Labute approximate surface area is 104 Å². The molecule has 0 amide bonds. The van der Waals surface area contributed by atoms with Crippen LogP contribution in [0.15, 0.2) is 16.6 Å². The normalized spacial score (nSPS) is 12.2. The van der Waals surface area contributed by atoms with Crippen LogP contribution in [0.4, 0.5) is 0 Å². The molecule has 1 aromatic carbocycles. The van der Waals surface area contributed by atoms with Crippen molar-refractivity contribution in [2.45, 2.75) is 20.3 Å². The number of benzene rings is 1. The molecule has 16 heavy (non-hydrogen) atoms. The quantitative estimate of drug-likeness (QED) is 0.926. The first-order valence-corrected chi connectivity index (χ1v) is 5.80. The summed E-state index contributed by atoms with van der Waals surface area (Å²) in [5.41, 5.74) is 2.08. The molecule has 1 unspecified atom stereocenters. The third kappa shape index (κ3) is 2.98. The van der Waals surface area contributed by atoms with E-state index in [9.17, 15) is 4.79 Å². The molecule has 0 bridgehead atoms. The van der Waals surface area contributed by atoms with Gasteiger partial charge in [-0.05, 0) is 52.5 Å². The summed E-state index contributed by atoms with van der Waals surface area (Å²) >= 11 is 3.40. The smallest absolute Gasteiger partial charge is 0.306 e. The molecule has 0 fully saturated rings. The molecule has 0 aliphatic carbocycles. The monoisotopic (exact) mass is 286 g/mol. The van der Waals surface area contributed by atoms with Crippen LogP contribution >= 0.6 is 15.9 Å². The van der Waals surface area contributed by atoms with Crippen molar-refractivity contribution in [3.05, 3.63) is 27.7 Å². The summed E-state index contributed by atoms with van der Waals surface area (Å²) in [5, 5.41) is 8.87. The largest absolute Gasteiger partial charge is 0.496 e. The van der Waals surface area contributed by atoms with Gasteiger partial charge in [0.2, 0.25) is 0 Å². The van der Waals surface area contributed by atoms with Crippen LogP contribution in [0, 0.1) is 12.8 Å². The van der Waals surface area contributed by atoms with Gasteiger partial charge in [0.05, 0.1) is 17.5 Å². The number of ether oxygens (including phenoxy) is 1. The van der Waals surface area contributed by atoms with E-state index in [1.54, 1.807) is 14.0 Å². The van der Waals surface area contributed by atoms with Gasteiger partial charge in [-0.2, -0.15) is 0 Å². The zero-order chi connectivity index (χ0) is 12.3. The minimum Gasteiger partial charge on any atom is -0.496 e. The Morgan fingerprint density at radius 3 is 2.69 bits per heavy atom. The van der Waals surface area contributed by atoms with Crippen molar-refractivity contribution in [3.63, 3.8) is 0 Å². The molecule has 0 aliphatic rings. The van der Waals surface area contributed by atoms with Gasteiger partial charge in [0.1, 0.15) is 5.75 Å². The third-order valence-electron chi connectivity index (χ3n) is 2.56. The number of methoxy groups -OCH3 is 1. The van der Waals surface area contributed by atoms with E-state index in [0.717, 1.165) is 21.3 Å². The van der Waals surface area contributed by atoms with Crippen LogP contribution in [-0.4, -0.2) is 18.2 Å². The van der Waals surface area contributed by atoms with Gasteiger partial charge in [-0.15, -0.1) is 0 Å². The molecule has 1 aromatic rings. The lowest BCUT2D eigenvalue weighted by Crippen LogP contribution is -2.13. The Morgan fingerprint density at radius 2 is 2.19 bits per heavy atom. The number of aliphatic carboxylic acids is 1. The van der Waals surface area contributed by atoms with E-state index in [0.29, 0.717) is 6.42 Å². The van der Waals surface area contributed by atoms with Crippen molar-refractivity contribution in [1.29, 1.82) is 0 Å². The SMILES string of the molecule is COc1cc(C)c(CC(C)C(=O)O)cc1Br. The molecule has 1 rings (SSSR count).